The fourth-order valence-corrected chi connectivity index (χ4v) is 5.83. The molecule has 1 aliphatic rings. The first-order valence-electron chi connectivity index (χ1n) is 12.7. The topological polar surface area (TPSA) is 80.6 Å². The van der Waals surface area contributed by atoms with Gasteiger partial charge >= 0.3 is 5.97 Å². The van der Waals surface area contributed by atoms with E-state index in [9.17, 15) is 14.4 Å². The first-order valence-corrected chi connectivity index (χ1v) is 13.6. The molecule has 2 amide bonds. The van der Waals surface area contributed by atoms with Crippen LogP contribution in [0.15, 0.2) is 41.8 Å². The molecule has 2 heterocycles. The Morgan fingerprint density at radius 3 is 2.56 bits per heavy atom. The molecule has 1 fully saturated rings. The quantitative estimate of drug-likeness (QED) is 0.416. The molecule has 0 bridgehead atoms. The van der Waals surface area contributed by atoms with Crippen molar-refractivity contribution in [1.29, 1.82) is 0 Å². The Balaban J connectivity index is 1.52. The zero-order valence-electron chi connectivity index (χ0n) is 21.5. The first-order chi connectivity index (χ1) is 17.3. The minimum Gasteiger partial charge on any atom is -0.469 e. The molecular formula is C28H35N3O4S. The number of fused-ring (bicyclic) bond motifs is 1. The molecule has 0 aliphatic heterocycles. The second kappa shape index (κ2) is 11.3. The second-order valence-corrected chi connectivity index (χ2v) is 10.7. The number of methoxy groups -OCH3 is 1. The lowest BCUT2D eigenvalue weighted by Crippen LogP contribution is -2.40. The van der Waals surface area contributed by atoms with Crippen molar-refractivity contribution in [2.24, 2.45) is 5.92 Å². The summed E-state index contributed by atoms with van der Waals surface area (Å²) in [7, 11) is 1.41. The molecule has 0 atom stereocenters. The van der Waals surface area contributed by atoms with Crippen molar-refractivity contribution >= 4 is 45.0 Å². The maximum absolute atomic E-state index is 13.5. The fourth-order valence-electron chi connectivity index (χ4n) is 5.01. The number of nitrogens with one attached hydrogen (secondary N) is 1. The van der Waals surface area contributed by atoms with Gasteiger partial charge in [0.25, 0.3) is 5.91 Å². The molecule has 3 aromatic rings. The van der Waals surface area contributed by atoms with E-state index in [2.05, 4.69) is 31.3 Å². The van der Waals surface area contributed by atoms with Gasteiger partial charge in [-0.1, -0.05) is 26.0 Å². The Hall–Kier alpha value is -3.13. The van der Waals surface area contributed by atoms with Crippen LogP contribution in [0.1, 0.15) is 68.4 Å². The summed E-state index contributed by atoms with van der Waals surface area (Å²) < 4.78 is 7.68. The van der Waals surface area contributed by atoms with Gasteiger partial charge in [0, 0.05) is 18.3 Å². The summed E-state index contributed by atoms with van der Waals surface area (Å²) in [6.07, 6.45) is 2.87. The largest absolute Gasteiger partial charge is 0.469 e. The van der Waals surface area contributed by atoms with Crippen molar-refractivity contribution in [2.75, 3.05) is 18.6 Å². The number of carbonyl (C=O) groups excluding carboxylic acids is 3. The highest BCUT2D eigenvalue weighted by Gasteiger charge is 2.29. The Morgan fingerprint density at radius 2 is 1.89 bits per heavy atom. The molecule has 1 saturated carbocycles. The molecule has 192 valence electrons. The van der Waals surface area contributed by atoms with E-state index < -0.39 is 0 Å². The van der Waals surface area contributed by atoms with Gasteiger partial charge in [0.2, 0.25) is 5.91 Å². The second-order valence-electron chi connectivity index (χ2n) is 9.72. The van der Waals surface area contributed by atoms with Crippen LogP contribution in [0.3, 0.4) is 0 Å². The monoisotopic (exact) mass is 509 g/mol. The van der Waals surface area contributed by atoms with E-state index in [1.54, 1.807) is 16.2 Å². The van der Waals surface area contributed by atoms with Crippen molar-refractivity contribution in [3.8, 4) is 0 Å². The van der Waals surface area contributed by atoms with E-state index in [1.807, 2.05) is 41.1 Å². The van der Waals surface area contributed by atoms with Crippen LogP contribution in [0.5, 0.6) is 0 Å². The van der Waals surface area contributed by atoms with Gasteiger partial charge in [-0.25, -0.2) is 0 Å². The predicted octanol–water partition coefficient (Wildman–Crippen LogP) is 5.34. The number of ether oxygens (including phenoxy) is 1. The van der Waals surface area contributed by atoms with E-state index in [4.69, 9.17) is 4.74 Å². The average molecular weight is 510 g/mol. The molecule has 1 aliphatic carbocycles. The van der Waals surface area contributed by atoms with Crippen LogP contribution >= 0.6 is 11.3 Å². The van der Waals surface area contributed by atoms with Crippen LogP contribution < -0.4 is 10.2 Å². The highest BCUT2D eigenvalue weighted by molar-refractivity contribution is 7.17. The number of thiophene rings is 1. The molecule has 0 spiro atoms. The number of hydrogen-bond acceptors (Lipinski definition) is 5. The van der Waals surface area contributed by atoms with E-state index in [-0.39, 0.29) is 36.3 Å². The molecule has 0 saturated heterocycles. The number of amides is 2. The predicted molar refractivity (Wildman–Crippen MR) is 144 cm³/mol. The summed E-state index contributed by atoms with van der Waals surface area (Å²) in [6.45, 7) is 6.86. The van der Waals surface area contributed by atoms with Crippen LogP contribution in [0.4, 0.5) is 5.69 Å². The lowest BCUT2D eigenvalue weighted by molar-refractivity contribution is -0.146. The van der Waals surface area contributed by atoms with Gasteiger partial charge in [-0.2, -0.15) is 0 Å². The molecule has 0 unspecified atom stereocenters. The Bertz CT molecular complexity index is 1240. The van der Waals surface area contributed by atoms with Crippen LogP contribution in [0.2, 0.25) is 0 Å². The summed E-state index contributed by atoms with van der Waals surface area (Å²) in [4.78, 5) is 40.5. The molecule has 1 N–H and O–H groups in total. The normalized spacial score (nSPS) is 17.8. The zero-order chi connectivity index (χ0) is 25.8. The lowest BCUT2D eigenvalue weighted by atomic mass is 9.86. The van der Waals surface area contributed by atoms with Gasteiger partial charge in [-0.3, -0.25) is 14.4 Å². The summed E-state index contributed by atoms with van der Waals surface area (Å²) in [5.41, 5.74) is 3.44. The summed E-state index contributed by atoms with van der Waals surface area (Å²) >= 11 is 1.56. The number of rotatable bonds is 8. The standard InChI is InChI=1S/C28H35N3O4S/c1-5-30(22-8-6-7-20(15-22)18(2)3)26(32)17-31-23-13-14-36-25(23)16-24(31)27(33)29-21-11-9-19(10-12-21)28(34)35-4/h6-8,13-16,18-19,21H,5,9-12,17H2,1-4H3,(H,29,33). The van der Waals surface area contributed by atoms with Gasteiger partial charge in [0.05, 0.1) is 23.2 Å². The number of benzene rings is 1. The van der Waals surface area contributed by atoms with Crippen molar-refractivity contribution in [3.05, 3.63) is 53.0 Å². The van der Waals surface area contributed by atoms with Gasteiger partial charge in [0.1, 0.15) is 12.2 Å². The van der Waals surface area contributed by atoms with Gasteiger partial charge in [-0.15, -0.1) is 11.3 Å². The maximum atomic E-state index is 13.5. The fraction of sp³-hybridized carbons (Fsp3) is 0.464. The summed E-state index contributed by atoms with van der Waals surface area (Å²) in [6, 6.07) is 11.9. The van der Waals surface area contributed by atoms with Crippen molar-refractivity contribution < 1.29 is 19.1 Å². The number of nitrogens with zero attached hydrogens (tertiary/aromatic N) is 2. The smallest absolute Gasteiger partial charge is 0.308 e. The molecular weight excluding hydrogens is 474 g/mol. The lowest BCUT2D eigenvalue weighted by Gasteiger charge is -2.28. The van der Waals surface area contributed by atoms with Crippen LogP contribution in [0, 0.1) is 5.92 Å². The zero-order valence-corrected chi connectivity index (χ0v) is 22.3. The first kappa shape index (κ1) is 25.9. The number of likely N-dealkylation sites (N-methyl/N-ethyl adjacent to an activating group) is 1. The molecule has 2 aromatic heterocycles. The van der Waals surface area contributed by atoms with Crippen molar-refractivity contribution in [1.82, 2.24) is 9.88 Å². The van der Waals surface area contributed by atoms with E-state index in [0.29, 0.717) is 31.0 Å². The van der Waals surface area contributed by atoms with E-state index in [1.165, 1.54) is 12.7 Å². The van der Waals surface area contributed by atoms with E-state index in [0.717, 1.165) is 28.7 Å². The molecule has 0 radical (unpaired) electrons. The Morgan fingerprint density at radius 1 is 1.14 bits per heavy atom. The number of anilines is 1. The molecule has 8 heteroatoms. The van der Waals surface area contributed by atoms with Crippen molar-refractivity contribution in [2.45, 2.75) is 65.0 Å². The van der Waals surface area contributed by atoms with Gasteiger partial charge in [0.15, 0.2) is 0 Å². The minimum absolute atomic E-state index is 0.00130. The number of carbonyl (C=O) groups is 3. The molecule has 7 nitrogen and oxygen atoms in total. The highest BCUT2D eigenvalue weighted by atomic mass is 32.1. The third kappa shape index (κ3) is 5.48. The maximum Gasteiger partial charge on any atom is 0.308 e. The van der Waals surface area contributed by atoms with Crippen LogP contribution in [-0.2, 0) is 20.9 Å². The minimum atomic E-state index is -0.183. The highest BCUT2D eigenvalue weighted by Crippen LogP contribution is 2.29. The Labute approximate surface area is 216 Å². The molecule has 36 heavy (non-hydrogen) atoms. The number of aromatic nitrogens is 1. The third-order valence-corrected chi connectivity index (χ3v) is 7.96. The molecule has 4 rings (SSSR count). The van der Waals surface area contributed by atoms with Gasteiger partial charge in [-0.05, 0) is 73.7 Å². The molecule has 1 aromatic carbocycles. The SMILES string of the molecule is CCN(C(=O)Cn1c(C(=O)NC2CCC(C(=O)OC)CC2)cc2sccc21)c1cccc(C(C)C)c1. The van der Waals surface area contributed by atoms with Gasteiger partial charge < -0.3 is 19.5 Å². The average Bonchev–Trinajstić information content (AvgIpc) is 3.47. The summed E-state index contributed by atoms with van der Waals surface area (Å²) in [5, 5.41) is 5.12. The summed E-state index contributed by atoms with van der Waals surface area (Å²) in [5.74, 6) is -0.144. The van der Waals surface area contributed by atoms with E-state index >= 15 is 0 Å². The number of esters is 1. The third-order valence-electron chi connectivity index (χ3n) is 7.11. The van der Waals surface area contributed by atoms with Crippen LogP contribution in [-0.4, -0.2) is 42.0 Å². The number of hydrogen-bond donors (Lipinski definition) is 1. The van der Waals surface area contributed by atoms with Crippen molar-refractivity contribution in [3.63, 3.8) is 0 Å². The van der Waals surface area contributed by atoms with Crippen LogP contribution in [0.25, 0.3) is 10.2 Å². The Kier molecular flexibility index (Phi) is 8.14.